The van der Waals surface area contributed by atoms with Gasteiger partial charge in [-0.1, -0.05) is 45.2 Å². The van der Waals surface area contributed by atoms with Gasteiger partial charge in [-0.3, -0.25) is 0 Å². The molecule has 0 aliphatic rings. The summed E-state index contributed by atoms with van der Waals surface area (Å²) in [6.07, 6.45) is 1.46. The van der Waals surface area contributed by atoms with E-state index >= 15 is 0 Å². The van der Waals surface area contributed by atoms with Crippen LogP contribution in [0.25, 0.3) is 0 Å². The zero-order valence-corrected chi connectivity index (χ0v) is 19.3. The van der Waals surface area contributed by atoms with Crippen molar-refractivity contribution in [3.63, 3.8) is 0 Å². The quantitative estimate of drug-likeness (QED) is 0.438. The maximum atomic E-state index is 12.7. The molecule has 1 aromatic heterocycles. The fraction of sp³-hybridized carbons (Fsp3) is 0.562. The lowest BCUT2D eigenvalue weighted by molar-refractivity contribution is 0.0594. The highest BCUT2D eigenvalue weighted by Gasteiger charge is 2.35. The number of nitrogens with zero attached hydrogens (tertiary/aromatic N) is 2. The molecule has 140 valence electrons. The number of ether oxygens (including phenoxy) is 1. The molecule has 25 heavy (non-hydrogen) atoms. The lowest BCUT2D eigenvalue weighted by Crippen LogP contribution is -2.44. The van der Waals surface area contributed by atoms with Crippen LogP contribution in [0.5, 0.6) is 0 Å². The fourth-order valence-corrected chi connectivity index (χ4v) is 5.69. The number of carbonyl (C=O) groups is 1. The van der Waals surface area contributed by atoms with Gasteiger partial charge in [0.25, 0.3) is 0 Å². The van der Waals surface area contributed by atoms with E-state index in [0.29, 0.717) is 5.56 Å². The molecule has 9 heteroatoms. The van der Waals surface area contributed by atoms with Crippen molar-refractivity contribution in [1.82, 2.24) is 8.28 Å². The zero-order chi connectivity index (χ0) is 19.8. The van der Waals surface area contributed by atoms with Gasteiger partial charge in [0.15, 0.2) is 0 Å². The van der Waals surface area contributed by atoms with Crippen LogP contribution in [0.1, 0.15) is 16.1 Å². The summed E-state index contributed by atoms with van der Waals surface area (Å²) in [5.74, 6) is 2.48. The van der Waals surface area contributed by atoms with Crippen molar-refractivity contribution in [3.05, 3.63) is 17.5 Å². The summed E-state index contributed by atoms with van der Waals surface area (Å²) in [6, 6.07) is 0. The Hall–Kier alpha value is -1.35. The van der Waals surface area contributed by atoms with Crippen LogP contribution in [0.4, 0.5) is 0 Å². The summed E-state index contributed by atoms with van der Waals surface area (Å²) in [7, 11) is -3.50. The van der Waals surface area contributed by atoms with Gasteiger partial charge in [0.1, 0.15) is 13.8 Å². The maximum Gasteiger partial charge on any atom is 0.355 e. The molecule has 0 N–H and O–H groups in total. The van der Waals surface area contributed by atoms with Crippen molar-refractivity contribution in [1.29, 1.82) is 0 Å². The monoisotopic (exact) mass is 400 g/mol. The molecular weight excluding hydrogens is 372 g/mol. The second-order valence-electron chi connectivity index (χ2n) is 8.09. The van der Waals surface area contributed by atoms with Crippen LogP contribution in [-0.2, 0) is 14.9 Å². The second kappa shape index (κ2) is 7.11. The summed E-state index contributed by atoms with van der Waals surface area (Å²) in [4.78, 5) is 12.4. The third-order valence-corrected chi connectivity index (χ3v) is 7.97. The smallest absolute Gasteiger partial charge is 0.355 e. The van der Waals surface area contributed by atoms with Gasteiger partial charge in [-0.2, -0.15) is 12.7 Å². The van der Waals surface area contributed by atoms with Gasteiger partial charge in [-0.05, 0) is 5.19 Å². The second-order valence-corrected chi connectivity index (χ2v) is 19.9. The van der Waals surface area contributed by atoms with E-state index < -0.39 is 32.3 Å². The minimum atomic E-state index is -3.86. The molecule has 0 aliphatic heterocycles. The van der Waals surface area contributed by atoms with Crippen molar-refractivity contribution in [2.75, 3.05) is 21.2 Å². The van der Waals surface area contributed by atoms with E-state index in [9.17, 15) is 13.2 Å². The summed E-state index contributed by atoms with van der Waals surface area (Å²) in [5.41, 5.74) is 3.94. The molecule has 0 amide bonds. The molecular formula is C16H28N2O4SSi2. The van der Waals surface area contributed by atoms with E-state index in [-0.39, 0.29) is 5.69 Å². The average Bonchev–Trinajstić information content (AvgIpc) is 2.83. The lowest BCUT2D eigenvalue weighted by atomic mass is 10.3. The van der Waals surface area contributed by atoms with Crippen LogP contribution in [0.15, 0.2) is 6.20 Å². The summed E-state index contributed by atoms with van der Waals surface area (Å²) >= 11 is 0. The number of hydrogen-bond donors (Lipinski definition) is 0. The Morgan fingerprint density at radius 3 is 2.04 bits per heavy atom. The summed E-state index contributed by atoms with van der Waals surface area (Å²) < 4.78 is 32.4. The van der Waals surface area contributed by atoms with Gasteiger partial charge in [0.2, 0.25) is 0 Å². The maximum absolute atomic E-state index is 12.7. The Morgan fingerprint density at radius 1 is 1.16 bits per heavy atom. The minimum absolute atomic E-state index is 0.0650. The molecule has 1 heterocycles. The van der Waals surface area contributed by atoms with Crippen LogP contribution < -0.4 is 5.19 Å². The molecule has 6 nitrogen and oxygen atoms in total. The third-order valence-electron chi connectivity index (χ3n) is 3.38. The largest absolute Gasteiger partial charge is 0.464 e. The Labute approximate surface area is 153 Å². The van der Waals surface area contributed by atoms with Gasteiger partial charge in [0, 0.05) is 25.9 Å². The highest BCUT2D eigenvalue weighted by Crippen LogP contribution is 2.18. The standard InChI is InChI=1S/C16H28N2O4SSi2/c1-17(2)23(20,21)18-12-13(10-11-24(4,5)6)15(25(7,8)9)14(18)16(19)22-3/h12H,1-9H3. The summed E-state index contributed by atoms with van der Waals surface area (Å²) in [5, 5.41) is 0.718. The molecule has 1 rings (SSSR count). The number of rotatable bonds is 4. The van der Waals surface area contributed by atoms with E-state index in [0.717, 1.165) is 13.5 Å². The van der Waals surface area contributed by atoms with Crippen molar-refractivity contribution in [3.8, 4) is 11.5 Å². The zero-order valence-electron chi connectivity index (χ0n) is 16.5. The first-order chi connectivity index (χ1) is 11.1. The van der Waals surface area contributed by atoms with E-state index in [1.54, 1.807) is 0 Å². The van der Waals surface area contributed by atoms with E-state index in [2.05, 4.69) is 50.7 Å². The topological polar surface area (TPSA) is 68.6 Å². The van der Waals surface area contributed by atoms with Crippen molar-refractivity contribution >= 4 is 37.5 Å². The highest BCUT2D eigenvalue weighted by atomic mass is 32.2. The third kappa shape index (κ3) is 4.85. The molecule has 0 atom stereocenters. The first-order valence-corrected chi connectivity index (χ1v) is 16.3. The fourth-order valence-electron chi connectivity index (χ4n) is 2.24. The molecule has 0 radical (unpaired) electrons. The molecule has 0 unspecified atom stereocenters. The van der Waals surface area contributed by atoms with Crippen LogP contribution >= 0.6 is 0 Å². The number of hydrogen-bond acceptors (Lipinski definition) is 4. The SMILES string of the molecule is COC(=O)c1c([Si](C)(C)C)c(C#C[Si](C)(C)C)cn1S(=O)(=O)N(C)C. The number of esters is 1. The van der Waals surface area contributed by atoms with Gasteiger partial charge >= 0.3 is 16.2 Å². The van der Waals surface area contributed by atoms with E-state index in [1.807, 2.05) is 0 Å². The van der Waals surface area contributed by atoms with Crippen LogP contribution in [0.3, 0.4) is 0 Å². The highest BCUT2D eigenvalue weighted by molar-refractivity contribution is 7.87. The van der Waals surface area contributed by atoms with E-state index in [1.165, 1.54) is 27.4 Å². The average molecular weight is 401 g/mol. The van der Waals surface area contributed by atoms with Gasteiger partial charge < -0.3 is 4.74 Å². The molecule has 0 saturated carbocycles. The van der Waals surface area contributed by atoms with Crippen LogP contribution in [0, 0.1) is 11.5 Å². The predicted molar refractivity (Wildman–Crippen MR) is 107 cm³/mol. The lowest BCUT2D eigenvalue weighted by Gasteiger charge is -2.20. The summed E-state index contributed by atoms with van der Waals surface area (Å²) in [6.45, 7) is 12.5. The van der Waals surface area contributed by atoms with Gasteiger partial charge in [-0.25, -0.2) is 8.77 Å². The normalized spacial score (nSPS) is 12.7. The number of aromatic nitrogens is 1. The Morgan fingerprint density at radius 2 is 1.68 bits per heavy atom. The number of carbonyl (C=O) groups excluding carboxylic acids is 1. The molecule has 0 bridgehead atoms. The predicted octanol–water partition coefficient (Wildman–Crippen LogP) is 1.70. The Bertz CT molecular complexity index is 832. The Balaban J connectivity index is 3.96. The molecule has 0 fully saturated rings. The van der Waals surface area contributed by atoms with Gasteiger partial charge in [-0.15, -0.1) is 5.54 Å². The molecule has 1 aromatic rings. The van der Waals surface area contributed by atoms with Crippen molar-refractivity contribution in [2.45, 2.75) is 39.3 Å². The van der Waals surface area contributed by atoms with E-state index in [4.69, 9.17) is 4.74 Å². The van der Waals surface area contributed by atoms with Gasteiger partial charge in [0.05, 0.1) is 15.2 Å². The van der Waals surface area contributed by atoms with Crippen LogP contribution in [0.2, 0.25) is 39.3 Å². The molecule has 0 aromatic carbocycles. The van der Waals surface area contributed by atoms with Crippen molar-refractivity contribution < 1.29 is 17.9 Å². The molecule has 0 aliphatic carbocycles. The van der Waals surface area contributed by atoms with Crippen LogP contribution in [-0.4, -0.2) is 60.0 Å². The Kier molecular flexibility index (Phi) is 6.17. The minimum Gasteiger partial charge on any atom is -0.464 e. The first-order valence-electron chi connectivity index (χ1n) is 7.93. The molecule has 0 spiro atoms. The van der Waals surface area contributed by atoms with Crippen molar-refractivity contribution in [2.24, 2.45) is 0 Å². The number of methoxy groups -OCH3 is 1. The molecule has 0 saturated heterocycles. The first kappa shape index (κ1) is 21.7.